The van der Waals surface area contributed by atoms with E-state index in [1.165, 1.54) is 64.6 Å². The van der Waals surface area contributed by atoms with Gasteiger partial charge in [-0.25, -0.2) is 0 Å². The molecule has 2 aliphatic carbocycles. The smallest absolute Gasteiger partial charge is 0.0462 e. The fraction of sp³-hybridized carbons (Fsp3) is 1.00. The SMILES string of the molecule is OCC1CCCCC1CN1CC2(CCC2)C1. The normalized spacial score (nSPS) is 38.1. The fourth-order valence-corrected chi connectivity index (χ4v) is 4.12. The molecule has 1 saturated heterocycles. The first-order valence-electron chi connectivity index (χ1n) is 7.15. The van der Waals surface area contributed by atoms with Crippen LogP contribution in [-0.2, 0) is 0 Å². The van der Waals surface area contributed by atoms with Crippen molar-refractivity contribution < 1.29 is 5.11 Å². The minimum absolute atomic E-state index is 0.420. The van der Waals surface area contributed by atoms with Crippen LogP contribution in [0.5, 0.6) is 0 Å². The molecule has 3 fully saturated rings. The molecule has 1 N–H and O–H groups in total. The van der Waals surface area contributed by atoms with Gasteiger partial charge in [-0.2, -0.15) is 0 Å². The summed E-state index contributed by atoms with van der Waals surface area (Å²) in [6.07, 6.45) is 9.78. The Hall–Kier alpha value is -0.0800. The molecule has 0 radical (unpaired) electrons. The van der Waals surface area contributed by atoms with Crippen molar-refractivity contribution in [3.05, 3.63) is 0 Å². The quantitative estimate of drug-likeness (QED) is 0.793. The number of aliphatic hydroxyl groups is 1. The monoisotopic (exact) mass is 223 g/mol. The number of likely N-dealkylation sites (tertiary alicyclic amines) is 1. The lowest BCUT2D eigenvalue weighted by Crippen LogP contribution is -2.60. The van der Waals surface area contributed by atoms with Crippen molar-refractivity contribution >= 4 is 0 Å². The molecule has 2 nitrogen and oxygen atoms in total. The maximum absolute atomic E-state index is 9.41. The van der Waals surface area contributed by atoms with Gasteiger partial charge < -0.3 is 10.0 Å². The highest BCUT2D eigenvalue weighted by atomic mass is 16.3. The van der Waals surface area contributed by atoms with Crippen molar-refractivity contribution in [2.75, 3.05) is 26.2 Å². The molecule has 92 valence electrons. The van der Waals surface area contributed by atoms with Crippen LogP contribution in [0.2, 0.25) is 0 Å². The fourth-order valence-electron chi connectivity index (χ4n) is 4.12. The number of hydrogen-bond acceptors (Lipinski definition) is 2. The van der Waals surface area contributed by atoms with Gasteiger partial charge in [0.2, 0.25) is 0 Å². The van der Waals surface area contributed by atoms with Crippen LogP contribution < -0.4 is 0 Å². The van der Waals surface area contributed by atoms with Crippen molar-refractivity contribution in [1.82, 2.24) is 4.90 Å². The molecule has 2 atom stereocenters. The standard InChI is InChI=1S/C14H25NO/c16-9-13-5-2-1-4-12(13)8-15-10-14(11-15)6-3-7-14/h12-13,16H,1-11H2. The Kier molecular flexibility index (Phi) is 2.97. The van der Waals surface area contributed by atoms with Crippen molar-refractivity contribution in [3.8, 4) is 0 Å². The lowest BCUT2D eigenvalue weighted by molar-refractivity contribution is -0.0744. The molecule has 0 aromatic carbocycles. The Bertz CT molecular complexity index is 241. The van der Waals surface area contributed by atoms with Gasteiger partial charge in [0.15, 0.2) is 0 Å². The molecule has 0 aromatic heterocycles. The summed E-state index contributed by atoms with van der Waals surface area (Å²) >= 11 is 0. The first-order valence-corrected chi connectivity index (χ1v) is 7.15. The van der Waals surface area contributed by atoms with E-state index < -0.39 is 0 Å². The molecule has 0 amide bonds. The van der Waals surface area contributed by atoms with E-state index >= 15 is 0 Å². The highest BCUT2D eigenvalue weighted by molar-refractivity contribution is 5.01. The van der Waals surface area contributed by atoms with E-state index in [0.29, 0.717) is 12.5 Å². The van der Waals surface area contributed by atoms with Gasteiger partial charge in [0.05, 0.1) is 0 Å². The minimum Gasteiger partial charge on any atom is -0.396 e. The minimum atomic E-state index is 0.420. The van der Waals surface area contributed by atoms with E-state index in [1.807, 2.05) is 0 Å². The van der Waals surface area contributed by atoms with Gasteiger partial charge in [-0.05, 0) is 42.9 Å². The maximum Gasteiger partial charge on any atom is 0.0462 e. The number of hydrogen-bond donors (Lipinski definition) is 1. The summed E-state index contributed by atoms with van der Waals surface area (Å²) in [6.45, 7) is 4.42. The maximum atomic E-state index is 9.41. The Labute approximate surface area is 99.0 Å². The van der Waals surface area contributed by atoms with Gasteiger partial charge in [0.1, 0.15) is 0 Å². The van der Waals surface area contributed by atoms with Crippen LogP contribution >= 0.6 is 0 Å². The van der Waals surface area contributed by atoms with E-state index in [4.69, 9.17) is 0 Å². The van der Waals surface area contributed by atoms with Crippen molar-refractivity contribution in [3.63, 3.8) is 0 Å². The van der Waals surface area contributed by atoms with Crippen LogP contribution in [0.4, 0.5) is 0 Å². The van der Waals surface area contributed by atoms with Crippen molar-refractivity contribution in [2.45, 2.75) is 44.9 Å². The van der Waals surface area contributed by atoms with Gasteiger partial charge >= 0.3 is 0 Å². The van der Waals surface area contributed by atoms with Crippen molar-refractivity contribution in [1.29, 1.82) is 0 Å². The Morgan fingerprint density at radius 2 is 1.69 bits per heavy atom. The third kappa shape index (κ3) is 1.91. The predicted molar refractivity (Wildman–Crippen MR) is 65.3 cm³/mol. The molecule has 0 bridgehead atoms. The highest BCUT2D eigenvalue weighted by Gasteiger charge is 2.47. The number of nitrogens with zero attached hydrogens (tertiary/aromatic N) is 1. The zero-order valence-corrected chi connectivity index (χ0v) is 10.3. The molecular weight excluding hydrogens is 198 g/mol. The summed E-state index contributed by atoms with van der Waals surface area (Å²) in [7, 11) is 0. The third-order valence-electron chi connectivity index (χ3n) is 5.33. The molecule has 16 heavy (non-hydrogen) atoms. The zero-order valence-electron chi connectivity index (χ0n) is 10.3. The van der Waals surface area contributed by atoms with E-state index in [1.54, 1.807) is 0 Å². The van der Waals surface area contributed by atoms with E-state index in [2.05, 4.69) is 4.90 Å². The van der Waals surface area contributed by atoms with Gasteiger partial charge in [0, 0.05) is 26.2 Å². The summed E-state index contributed by atoms with van der Waals surface area (Å²) in [5, 5.41) is 9.41. The second-order valence-electron chi connectivity index (χ2n) is 6.51. The molecule has 1 heterocycles. The zero-order chi connectivity index (χ0) is 11.0. The van der Waals surface area contributed by atoms with E-state index in [9.17, 15) is 5.11 Å². The summed E-state index contributed by atoms with van der Waals surface area (Å²) in [4.78, 5) is 2.65. The molecule has 0 aromatic rings. The van der Waals surface area contributed by atoms with Crippen LogP contribution in [0.1, 0.15) is 44.9 Å². The average molecular weight is 223 g/mol. The second-order valence-corrected chi connectivity index (χ2v) is 6.51. The first kappa shape index (κ1) is 11.0. The molecule has 3 rings (SSSR count). The van der Waals surface area contributed by atoms with Crippen LogP contribution in [0, 0.1) is 17.3 Å². The largest absolute Gasteiger partial charge is 0.396 e. The molecule has 1 spiro atoms. The average Bonchev–Trinajstić information content (AvgIpc) is 2.20. The Balaban J connectivity index is 1.47. The number of rotatable bonds is 3. The van der Waals surface area contributed by atoms with Crippen LogP contribution in [0.15, 0.2) is 0 Å². The second kappa shape index (κ2) is 4.30. The van der Waals surface area contributed by atoms with Gasteiger partial charge in [-0.3, -0.25) is 0 Å². The summed E-state index contributed by atoms with van der Waals surface area (Å²) in [5.74, 6) is 1.39. The van der Waals surface area contributed by atoms with Gasteiger partial charge in [-0.15, -0.1) is 0 Å². The van der Waals surface area contributed by atoms with Crippen LogP contribution in [-0.4, -0.2) is 36.2 Å². The van der Waals surface area contributed by atoms with E-state index in [-0.39, 0.29) is 0 Å². The summed E-state index contributed by atoms with van der Waals surface area (Å²) in [5.41, 5.74) is 0.767. The van der Waals surface area contributed by atoms with E-state index in [0.717, 1.165) is 11.3 Å². The van der Waals surface area contributed by atoms with Crippen LogP contribution in [0.25, 0.3) is 0 Å². The number of aliphatic hydroxyl groups excluding tert-OH is 1. The topological polar surface area (TPSA) is 23.5 Å². The summed E-state index contributed by atoms with van der Waals surface area (Å²) in [6, 6.07) is 0. The molecular formula is C14H25NO. The molecule has 2 saturated carbocycles. The van der Waals surface area contributed by atoms with Crippen molar-refractivity contribution in [2.24, 2.45) is 17.3 Å². The van der Waals surface area contributed by atoms with Gasteiger partial charge in [0.25, 0.3) is 0 Å². The third-order valence-corrected chi connectivity index (χ3v) is 5.33. The highest BCUT2D eigenvalue weighted by Crippen LogP contribution is 2.48. The predicted octanol–water partition coefficient (Wildman–Crippen LogP) is 2.27. The van der Waals surface area contributed by atoms with Crippen LogP contribution in [0.3, 0.4) is 0 Å². The Morgan fingerprint density at radius 1 is 1.00 bits per heavy atom. The molecule has 1 aliphatic heterocycles. The van der Waals surface area contributed by atoms with Gasteiger partial charge in [-0.1, -0.05) is 19.3 Å². The Morgan fingerprint density at radius 3 is 2.25 bits per heavy atom. The molecule has 3 aliphatic rings. The molecule has 2 heteroatoms. The summed E-state index contributed by atoms with van der Waals surface area (Å²) < 4.78 is 0. The molecule has 2 unspecified atom stereocenters. The first-order chi connectivity index (χ1) is 7.81. The lowest BCUT2D eigenvalue weighted by Gasteiger charge is -2.57. The lowest BCUT2D eigenvalue weighted by atomic mass is 9.63.